The zero-order chi connectivity index (χ0) is 16.8. The molecule has 0 saturated heterocycles. The topological polar surface area (TPSA) is 55.4 Å². The molecule has 0 aliphatic rings. The molecule has 0 aliphatic carbocycles. The Bertz CT molecular complexity index is 739. The summed E-state index contributed by atoms with van der Waals surface area (Å²) in [7, 11) is 1.27. The molecule has 0 spiro atoms. The molecule has 23 heavy (non-hydrogen) atoms. The monoisotopic (exact) mass is 353 g/mol. The minimum atomic E-state index is -0.529. The average molecular weight is 354 g/mol. The third-order valence-electron chi connectivity index (χ3n) is 2.87. The van der Waals surface area contributed by atoms with Crippen molar-refractivity contribution in [3.8, 4) is 0 Å². The smallest absolute Gasteiger partial charge is 0.339 e. The molecule has 0 saturated carbocycles. The molecule has 2 aromatic carbocycles. The maximum Gasteiger partial charge on any atom is 0.339 e. The Morgan fingerprint density at radius 3 is 2.70 bits per heavy atom. The summed E-state index contributed by atoms with van der Waals surface area (Å²) in [5, 5.41) is 2.66. The van der Waals surface area contributed by atoms with Crippen LogP contribution in [-0.4, -0.2) is 24.7 Å². The number of hydrogen-bond donors (Lipinski definition) is 1. The Morgan fingerprint density at radius 1 is 1.26 bits per heavy atom. The number of hydrogen-bond acceptors (Lipinski definition) is 4. The van der Waals surface area contributed by atoms with Crippen molar-refractivity contribution in [1.29, 1.82) is 0 Å². The van der Waals surface area contributed by atoms with Gasteiger partial charge in [-0.15, -0.1) is 11.8 Å². The zero-order valence-electron chi connectivity index (χ0n) is 12.1. The van der Waals surface area contributed by atoms with Gasteiger partial charge in [-0.05, 0) is 30.3 Å². The number of nitrogens with one attached hydrogen (secondary N) is 1. The van der Waals surface area contributed by atoms with Gasteiger partial charge in [-0.3, -0.25) is 4.79 Å². The van der Waals surface area contributed by atoms with E-state index in [1.807, 2.05) is 0 Å². The normalized spacial score (nSPS) is 10.2. The first kappa shape index (κ1) is 17.3. The molecule has 120 valence electrons. The van der Waals surface area contributed by atoms with Crippen LogP contribution in [-0.2, 0) is 9.53 Å². The zero-order valence-corrected chi connectivity index (χ0v) is 13.7. The van der Waals surface area contributed by atoms with Crippen LogP contribution in [0.1, 0.15) is 10.4 Å². The fourth-order valence-electron chi connectivity index (χ4n) is 1.78. The number of methoxy groups -OCH3 is 1. The Labute approximate surface area is 142 Å². The number of rotatable bonds is 5. The van der Waals surface area contributed by atoms with E-state index in [1.54, 1.807) is 30.3 Å². The van der Waals surface area contributed by atoms with Crippen LogP contribution < -0.4 is 5.32 Å². The summed E-state index contributed by atoms with van der Waals surface area (Å²) >= 11 is 6.90. The molecule has 1 amide bonds. The first-order chi connectivity index (χ1) is 11.0. The number of halogens is 2. The third-order valence-corrected chi connectivity index (χ3v) is 4.15. The lowest BCUT2D eigenvalue weighted by Crippen LogP contribution is -2.17. The molecule has 0 unspecified atom stereocenters. The van der Waals surface area contributed by atoms with E-state index < -0.39 is 11.8 Å². The molecule has 0 radical (unpaired) electrons. The summed E-state index contributed by atoms with van der Waals surface area (Å²) < 4.78 is 17.7. The molecular weight excluding hydrogens is 341 g/mol. The second kappa shape index (κ2) is 7.99. The second-order valence-corrected chi connectivity index (χ2v) is 5.91. The van der Waals surface area contributed by atoms with E-state index in [2.05, 4.69) is 10.1 Å². The predicted molar refractivity (Wildman–Crippen MR) is 88.5 cm³/mol. The summed E-state index contributed by atoms with van der Waals surface area (Å²) in [6.07, 6.45) is 0. The van der Waals surface area contributed by atoms with Crippen molar-refractivity contribution < 1.29 is 18.7 Å². The predicted octanol–water partition coefficient (Wildman–Crippen LogP) is 4.00. The molecule has 4 nitrogen and oxygen atoms in total. The van der Waals surface area contributed by atoms with Gasteiger partial charge in [-0.2, -0.15) is 0 Å². The van der Waals surface area contributed by atoms with Gasteiger partial charge in [0.1, 0.15) is 5.82 Å². The highest BCUT2D eigenvalue weighted by Crippen LogP contribution is 2.24. The lowest BCUT2D eigenvalue weighted by molar-refractivity contribution is -0.113. The van der Waals surface area contributed by atoms with Crippen LogP contribution >= 0.6 is 23.4 Å². The number of ether oxygens (including phenoxy) is 1. The summed E-state index contributed by atoms with van der Waals surface area (Å²) in [4.78, 5) is 24.3. The lowest BCUT2D eigenvalue weighted by atomic mass is 10.2. The maximum atomic E-state index is 13.1. The van der Waals surface area contributed by atoms with Gasteiger partial charge in [-0.25, -0.2) is 9.18 Å². The summed E-state index contributed by atoms with van der Waals surface area (Å²) in [5.74, 6) is -1.24. The number of amides is 1. The third kappa shape index (κ3) is 4.71. The summed E-state index contributed by atoms with van der Waals surface area (Å²) in [6, 6.07) is 10.8. The SMILES string of the molecule is COC(=O)c1ccccc1NC(=O)CSc1ccc(F)c(Cl)c1. The molecule has 2 aromatic rings. The first-order valence-electron chi connectivity index (χ1n) is 6.56. The fourth-order valence-corrected chi connectivity index (χ4v) is 2.76. The van der Waals surface area contributed by atoms with Crippen LogP contribution in [0.4, 0.5) is 10.1 Å². The molecule has 0 aromatic heterocycles. The molecule has 1 N–H and O–H groups in total. The number of esters is 1. The molecule has 0 aliphatic heterocycles. The van der Waals surface area contributed by atoms with E-state index in [4.69, 9.17) is 11.6 Å². The molecule has 0 heterocycles. The number of carbonyl (C=O) groups excluding carboxylic acids is 2. The maximum absolute atomic E-state index is 13.1. The van der Waals surface area contributed by atoms with Crippen molar-refractivity contribution in [2.45, 2.75) is 4.90 Å². The first-order valence-corrected chi connectivity index (χ1v) is 7.92. The molecular formula is C16H13ClFNO3S. The fraction of sp³-hybridized carbons (Fsp3) is 0.125. The van der Waals surface area contributed by atoms with E-state index in [0.29, 0.717) is 10.6 Å². The lowest BCUT2D eigenvalue weighted by Gasteiger charge is -2.09. The standard InChI is InChI=1S/C16H13ClFNO3S/c1-22-16(21)11-4-2-3-5-14(11)19-15(20)9-23-10-6-7-13(18)12(17)8-10/h2-8H,9H2,1H3,(H,19,20). The van der Waals surface area contributed by atoms with Crippen molar-refractivity contribution in [2.24, 2.45) is 0 Å². The number of benzene rings is 2. The van der Waals surface area contributed by atoms with Gasteiger partial charge < -0.3 is 10.1 Å². The quantitative estimate of drug-likeness (QED) is 0.652. The van der Waals surface area contributed by atoms with E-state index in [0.717, 1.165) is 0 Å². The van der Waals surface area contributed by atoms with Crippen LogP contribution in [0, 0.1) is 5.82 Å². The average Bonchev–Trinajstić information content (AvgIpc) is 2.55. The molecule has 0 fully saturated rings. The minimum Gasteiger partial charge on any atom is -0.465 e. The second-order valence-electron chi connectivity index (χ2n) is 4.45. The Balaban J connectivity index is 2.00. The van der Waals surface area contributed by atoms with Gasteiger partial charge in [0.05, 0.1) is 29.1 Å². The van der Waals surface area contributed by atoms with Crippen LogP contribution in [0.2, 0.25) is 5.02 Å². The molecule has 0 bridgehead atoms. The van der Waals surface area contributed by atoms with Crippen molar-refractivity contribution in [1.82, 2.24) is 0 Å². The van der Waals surface area contributed by atoms with Gasteiger partial charge in [0.15, 0.2) is 0 Å². The van der Waals surface area contributed by atoms with Gasteiger partial charge in [0.2, 0.25) is 5.91 Å². The van der Waals surface area contributed by atoms with Crippen LogP contribution in [0.5, 0.6) is 0 Å². The summed E-state index contributed by atoms with van der Waals surface area (Å²) in [6.45, 7) is 0. The van der Waals surface area contributed by atoms with Crippen LogP contribution in [0.3, 0.4) is 0 Å². The van der Waals surface area contributed by atoms with Crippen molar-refractivity contribution in [3.63, 3.8) is 0 Å². The van der Waals surface area contributed by atoms with Gasteiger partial charge in [0.25, 0.3) is 0 Å². The number of anilines is 1. The van der Waals surface area contributed by atoms with Crippen molar-refractivity contribution in [2.75, 3.05) is 18.2 Å². The van der Waals surface area contributed by atoms with Gasteiger partial charge in [-0.1, -0.05) is 23.7 Å². The highest BCUT2D eigenvalue weighted by molar-refractivity contribution is 8.00. The Morgan fingerprint density at radius 2 is 2.00 bits per heavy atom. The molecule has 0 atom stereocenters. The van der Waals surface area contributed by atoms with Crippen molar-refractivity contribution in [3.05, 3.63) is 58.9 Å². The van der Waals surface area contributed by atoms with Gasteiger partial charge in [0, 0.05) is 4.90 Å². The van der Waals surface area contributed by atoms with Crippen molar-refractivity contribution >= 4 is 40.9 Å². The number of carbonyl (C=O) groups is 2. The van der Waals surface area contributed by atoms with Crippen LogP contribution in [0.15, 0.2) is 47.4 Å². The number of para-hydroxylation sites is 1. The van der Waals surface area contributed by atoms with E-state index in [9.17, 15) is 14.0 Å². The summed E-state index contributed by atoms with van der Waals surface area (Å²) in [5.41, 5.74) is 0.653. The highest BCUT2D eigenvalue weighted by atomic mass is 35.5. The largest absolute Gasteiger partial charge is 0.465 e. The van der Waals surface area contributed by atoms with E-state index in [-0.39, 0.29) is 22.2 Å². The Hall–Kier alpha value is -2.05. The van der Waals surface area contributed by atoms with E-state index >= 15 is 0 Å². The Kier molecular flexibility index (Phi) is 6.01. The molecule has 7 heteroatoms. The van der Waals surface area contributed by atoms with Gasteiger partial charge >= 0.3 is 5.97 Å². The molecule has 2 rings (SSSR count). The number of thioether (sulfide) groups is 1. The van der Waals surface area contributed by atoms with E-state index in [1.165, 1.54) is 31.0 Å². The van der Waals surface area contributed by atoms with Crippen LogP contribution in [0.25, 0.3) is 0 Å². The highest BCUT2D eigenvalue weighted by Gasteiger charge is 2.13. The minimum absolute atomic E-state index is 0.00597.